The van der Waals surface area contributed by atoms with E-state index in [1.807, 2.05) is 0 Å². The summed E-state index contributed by atoms with van der Waals surface area (Å²) in [5.74, 6) is 0. The summed E-state index contributed by atoms with van der Waals surface area (Å²) >= 11 is 0. The summed E-state index contributed by atoms with van der Waals surface area (Å²) in [6, 6.07) is 1.61. The molecule has 0 bridgehead atoms. The summed E-state index contributed by atoms with van der Waals surface area (Å²) < 4.78 is 0. The molecule has 1 rings (SSSR count). The number of rotatable bonds is 4. The molecule has 1 fully saturated rings. The van der Waals surface area contributed by atoms with Gasteiger partial charge in [0.1, 0.15) is 0 Å². The zero-order chi connectivity index (χ0) is 9.84. The monoisotopic (exact) mass is 185 g/mol. The summed E-state index contributed by atoms with van der Waals surface area (Å²) in [6.07, 6.45) is 5.38. The van der Waals surface area contributed by atoms with Crippen LogP contribution < -0.4 is 0 Å². The van der Waals surface area contributed by atoms with E-state index in [-0.39, 0.29) is 6.61 Å². The predicted octanol–water partition coefficient (Wildman–Crippen LogP) is 2.02. The molecule has 0 aliphatic heterocycles. The Bertz CT molecular complexity index is 141. The van der Waals surface area contributed by atoms with Crippen LogP contribution in [0.15, 0.2) is 0 Å². The van der Waals surface area contributed by atoms with E-state index >= 15 is 0 Å². The highest BCUT2D eigenvalue weighted by atomic mass is 16.3. The van der Waals surface area contributed by atoms with Crippen molar-refractivity contribution in [1.82, 2.24) is 4.90 Å². The van der Waals surface area contributed by atoms with Crippen molar-refractivity contribution in [3.8, 4) is 0 Å². The number of hydrogen-bond donors (Lipinski definition) is 1. The molecule has 1 aliphatic rings. The van der Waals surface area contributed by atoms with Gasteiger partial charge in [0.2, 0.25) is 0 Å². The molecule has 1 atom stereocenters. The van der Waals surface area contributed by atoms with E-state index in [1.54, 1.807) is 0 Å². The fourth-order valence-electron chi connectivity index (χ4n) is 2.59. The zero-order valence-electron chi connectivity index (χ0n) is 9.16. The average Bonchev–Trinajstić information content (AvgIpc) is 2.56. The van der Waals surface area contributed by atoms with E-state index in [0.29, 0.717) is 12.1 Å². The van der Waals surface area contributed by atoms with Gasteiger partial charge in [0.15, 0.2) is 0 Å². The second kappa shape index (κ2) is 4.97. The largest absolute Gasteiger partial charge is 0.395 e. The molecular weight excluding hydrogens is 162 g/mol. The fourth-order valence-corrected chi connectivity index (χ4v) is 2.59. The van der Waals surface area contributed by atoms with Crippen LogP contribution in [0.2, 0.25) is 0 Å². The first kappa shape index (κ1) is 11.0. The van der Waals surface area contributed by atoms with Crippen LogP contribution in [0.4, 0.5) is 0 Å². The third-order valence-electron chi connectivity index (χ3n) is 3.12. The minimum absolute atomic E-state index is 0.286. The topological polar surface area (TPSA) is 23.5 Å². The normalized spacial score (nSPS) is 21.7. The van der Waals surface area contributed by atoms with Crippen LogP contribution in [0.3, 0.4) is 0 Å². The van der Waals surface area contributed by atoms with Gasteiger partial charge in [-0.25, -0.2) is 0 Å². The van der Waals surface area contributed by atoms with Gasteiger partial charge in [-0.05, 0) is 33.6 Å². The Morgan fingerprint density at radius 1 is 1.23 bits per heavy atom. The molecule has 2 heteroatoms. The van der Waals surface area contributed by atoms with Gasteiger partial charge in [0.05, 0.1) is 6.61 Å². The molecule has 0 radical (unpaired) electrons. The first-order valence-electron chi connectivity index (χ1n) is 5.55. The van der Waals surface area contributed by atoms with Gasteiger partial charge in [0.25, 0.3) is 0 Å². The smallest absolute Gasteiger partial charge is 0.0584 e. The Hall–Kier alpha value is -0.0800. The van der Waals surface area contributed by atoms with Crippen molar-refractivity contribution < 1.29 is 5.11 Å². The number of aliphatic hydroxyl groups is 1. The molecule has 2 nitrogen and oxygen atoms in total. The van der Waals surface area contributed by atoms with Crippen molar-refractivity contribution in [2.45, 2.75) is 64.6 Å². The highest BCUT2D eigenvalue weighted by Gasteiger charge is 2.27. The molecule has 1 N–H and O–H groups in total. The molecule has 0 aromatic rings. The van der Waals surface area contributed by atoms with E-state index in [1.165, 1.54) is 25.7 Å². The first-order chi connectivity index (χ1) is 6.16. The van der Waals surface area contributed by atoms with E-state index in [0.717, 1.165) is 6.04 Å². The Balaban J connectivity index is 2.55. The van der Waals surface area contributed by atoms with Crippen molar-refractivity contribution in [2.75, 3.05) is 6.61 Å². The lowest BCUT2D eigenvalue weighted by atomic mass is 10.1. The zero-order valence-corrected chi connectivity index (χ0v) is 9.16. The van der Waals surface area contributed by atoms with Crippen LogP contribution in [-0.4, -0.2) is 34.7 Å². The molecule has 1 aliphatic carbocycles. The lowest BCUT2D eigenvalue weighted by Gasteiger charge is -2.37. The molecule has 1 unspecified atom stereocenters. The molecular formula is C11H23NO. The highest BCUT2D eigenvalue weighted by molar-refractivity contribution is 4.82. The van der Waals surface area contributed by atoms with Gasteiger partial charge in [-0.15, -0.1) is 0 Å². The van der Waals surface area contributed by atoms with Crippen molar-refractivity contribution >= 4 is 0 Å². The maximum absolute atomic E-state index is 9.17. The third-order valence-corrected chi connectivity index (χ3v) is 3.12. The second-order valence-electron chi connectivity index (χ2n) is 4.51. The maximum Gasteiger partial charge on any atom is 0.0584 e. The quantitative estimate of drug-likeness (QED) is 0.724. The van der Waals surface area contributed by atoms with Gasteiger partial charge in [0, 0.05) is 18.1 Å². The lowest BCUT2D eigenvalue weighted by molar-refractivity contribution is 0.0662. The maximum atomic E-state index is 9.17. The number of aliphatic hydroxyl groups excluding tert-OH is 1. The van der Waals surface area contributed by atoms with E-state index in [4.69, 9.17) is 0 Å². The van der Waals surface area contributed by atoms with E-state index in [9.17, 15) is 5.11 Å². The number of nitrogens with zero attached hydrogens (tertiary/aromatic N) is 1. The van der Waals surface area contributed by atoms with Crippen LogP contribution in [0.5, 0.6) is 0 Å². The highest BCUT2D eigenvalue weighted by Crippen LogP contribution is 2.26. The minimum Gasteiger partial charge on any atom is -0.395 e. The Morgan fingerprint density at radius 3 is 2.15 bits per heavy atom. The molecule has 0 saturated heterocycles. The van der Waals surface area contributed by atoms with Crippen LogP contribution in [0.1, 0.15) is 46.5 Å². The van der Waals surface area contributed by atoms with Crippen molar-refractivity contribution in [3.63, 3.8) is 0 Å². The minimum atomic E-state index is 0.286. The summed E-state index contributed by atoms with van der Waals surface area (Å²) in [6.45, 7) is 6.86. The molecule has 0 aromatic carbocycles. The first-order valence-corrected chi connectivity index (χ1v) is 5.55. The average molecular weight is 185 g/mol. The van der Waals surface area contributed by atoms with Gasteiger partial charge in [-0.2, -0.15) is 0 Å². The lowest BCUT2D eigenvalue weighted by Crippen LogP contribution is -2.46. The van der Waals surface area contributed by atoms with Crippen molar-refractivity contribution in [1.29, 1.82) is 0 Å². The predicted molar refractivity (Wildman–Crippen MR) is 55.8 cm³/mol. The van der Waals surface area contributed by atoms with Crippen LogP contribution in [0.25, 0.3) is 0 Å². The van der Waals surface area contributed by atoms with Gasteiger partial charge in [-0.3, -0.25) is 4.90 Å². The molecule has 13 heavy (non-hydrogen) atoms. The summed E-state index contributed by atoms with van der Waals surface area (Å²) in [5, 5.41) is 9.17. The summed E-state index contributed by atoms with van der Waals surface area (Å²) in [4.78, 5) is 2.48. The van der Waals surface area contributed by atoms with Gasteiger partial charge >= 0.3 is 0 Å². The fraction of sp³-hybridized carbons (Fsp3) is 1.00. The molecule has 1 saturated carbocycles. The van der Waals surface area contributed by atoms with Crippen LogP contribution >= 0.6 is 0 Å². The Kier molecular flexibility index (Phi) is 4.20. The molecule has 0 amide bonds. The van der Waals surface area contributed by atoms with Crippen LogP contribution in [0, 0.1) is 0 Å². The summed E-state index contributed by atoms with van der Waals surface area (Å²) in [5.41, 5.74) is 0. The Labute approximate surface area is 81.9 Å². The third kappa shape index (κ3) is 2.68. The molecule has 0 aromatic heterocycles. The molecule has 0 heterocycles. The molecule has 0 spiro atoms. The van der Waals surface area contributed by atoms with Crippen molar-refractivity contribution in [2.24, 2.45) is 0 Å². The van der Waals surface area contributed by atoms with E-state index < -0.39 is 0 Å². The summed E-state index contributed by atoms with van der Waals surface area (Å²) in [7, 11) is 0. The SMILES string of the molecule is CC(C)N(C(C)CO)C1CCCC1. The van der Waals surface area contributed by atoms with E-state index in [2.05, 4.69) is 25.7 Å². The second-order valence-corrected chi connectivity index (χ2v) is 4.51. The molecule has 78 valence electrons. The van der Waals surface area contributed by atoms with Gasteiger partial charge in [-0.1, -0.05) is 12.8 Å². The van der Waals surface area contributed by atoms with Crippen molar-refractivity contribution in [3.05, 3.63) is 0 Å². The number of hydrogen-bond acceptors (Lipinski definition) is 2. The van der Waals surface area contributed by atoms with Crippen LogP contribution in [-0.2, 0) is 0 Å². The standard InChI is InChI=1S/C11H23NO/c1-9(2)12(10(3)8-13)11-6-4-5-7-11/h9-11,13H,4-8H2,1-3H3. The Morgan fingerprint density at radius 2 is 1.77 bits per heavy atom. The van der Waals surface area contributed by atoms with Gasteiger partial charge < -0.3 is 5.11 Å².